The van der Waals surface area contributed by atoms with E-state index in [-0.39, 0.29) is 12.7 Å². The number of ether oxygens (including phenoxy) is 2. The van der Waals surface area contributed by atoms with Crippen molar-refractivity contribution in [2.24, 2.45) is 5.92 Å². The number of fused-ring (bicyclic) bond motifs is 2. The molecule has 2 aliphatic heterocycles. The van der Waals surface area contributed by atoms with Crippen molar-refractivity contribution < 1.29 is 24.2 Å². The fourth-order valence-electron chi connectivity index (χ4n) is 4.56. The minimum Gasteiger partial charge on any atom is -0.465 e. The summed E-state index contributed by atoms with van der Waals surface area (Å²) in [6, 6.07) is 3.04. The summed E-state index contributed by atoms with van der Waals surface area (Å²) in [4.78, 5) is 39.3. The molecule has 0 saturated carbocycles. The summed E-state index contributed by atoms with van der Waals surface area (Å²) in [6.07, 6.45) is 2.79. The van der Waals surface area contributed by atoms with Crippen molar-refractivity contribution >= 4 is 56.7 Å². The fraction of sp³-hybridized carbons (Fsp3) is 0.435. The summed E-state index contributed by atoms with van der Waals surface area (Å²) in [6.45, 7) is 3.63. The Kier molecular flexibility index (Phi) is 7.29. The standard InChI is InChI=1S/C23H26BrN7O5S/c1-12(28-23(33)34)21(32)30-5-2-13(3-6-30)4-7-31-20-18(19(25)26-10-27-20)29-22(31)37-17-9-16-15(8-14(17)24)35-11-36-16/h8-10,12-13,28H,2-7,11H2,1H3,(H,33,34)(H2,25,26,27)/t12-/m0/s1. The molecule has 0 bridgehead atoms. The zero-order valence-corrected chi connectivity index (χ0v) is 22.4. The number of imidazole rings is 1. The molecule has 14 heteroatoms. The Labute approximate surface area is 225 Å². The molecule has 3 aromatic rings. The number of aromatic nitrogens is 4. The second-order valence-electron chi connectivity index (χ2n) is 8.94. The third-order valence-corrected chi connectivity index (χ3v) is 8.52. The van der Waals surface area contributed by atoms with Crippen LogP contribution in [0.25, 0.3) is 11.2 Å². The van der Waals surface area contributed by atoms with Gasteiger partial charge in [-0.2, -0.15) is 0 Å². The van der Waals surface area contributed by atoms with E-state index in [1.54, 1.807) is 11.8 Å². The Morgan fingerprint density at radius 3 is 2.73 bits per heavy atom. The molecule has 4 heterocycles. The lowest BCUT2D eigenvalue weighted by molar-refractivity contribution is -0.134. The Morgan fingerprint density at radius 2 is 2.00 bits per heavy atom. The number of benzene rings is 1. The number of carbonyl (C=O) groups is 2. The molecule has 0 unspecified atom stereocenters. The van der Waals surface area contributed by atoms with E-state index < -0.39 is 12.1 Å². The van der Waals surface area contributed by atoms with E-state index in [2.05, 4.69) is 35.8 Å². The first kappa shape index (κ1) is 25.4. The van der Waals surface area contributed by atoms with Gasteiger partial charge in [-0.3, -0.25) is 4.79 Å². The van der Waals surface area contributed by atoms with Gasteiger partial charge in [0.1, 0.15) is 12.4 Å². The number of nitrogens with two attached hydrogens (primary N) is 1. The number of nitrogens with zero attached hydrogens (tertiary/aromatic N) is 5. The average molecular weight is 592 g/mol. The van der Waals surface area contributed by atoms with Crippen LogP contribution < -0.4 is 20.5 Å². The van der Waals surface area contributed by atoms with E-state index in [1.807, 2.05) is 12.1 Å². The molecule has 0 aliphatic carbocycles. The molecule has 2 aliphatic rings. The van der Waals surface area contributed by atoms with Crippen LogP contribution in [0.4, 0.5) is 10.6 Å². The number of carbonyl (C=O) groups excluding carboxylic acids is 1. The maximum absolute atomic E-state index is 12.5. The van der Waals surface area contributed by atoms with Gasteiger partial charge in [-0.25, -0.2) is 19.7 Å². The highest BCUT2D eigenvalue weighted by Crippen LogP contribution is 2.43. The van der Waals surface area contributed by atoms with Gasteiger partial charge < -0.3 is 35.1 Å². The van der Waals surface area contributed by atoms with Crippen LogP contribution in [-0.4, -0.2) is 67.5 Å². The summed E-state index contributed by atoms with van der Waals surface area (Å²) >= 11 is 5.10. The van der Waals surface area contributed by atoms with Gasteiger partial charge in [0.2, 0.25) is 12.7 Å². The quantitative estimate of drug-likeness (QED) is 0.372. The van der Waals surface area contributed by atoms with E-state index in [4.69, 9.17) is 25.3 Å². The van der Waals surface area contributed by atoms with Crippen LogP contribution in [0.2, 0.25) is 0 Å². The Hall–Kier alpha value is -3.26. The molecule has 2 amide bonds. The molecule has 1 fully saturated rings. The van der Waals surface area contributed by atoms with Crippen molar-refractivity contribution in [2.75, 3.05) is 25.6 Å². The summed E-state index contributed by atoms with van der Waals surface area (Å²) in [5.41, 5.74) is 7.34. The molecule has 1 atom stereocenters. The van der Waals surface area contributed by atoms with Gasteiger partial charge in [0.05, 0.1) is 0 Å². The van der Waals surface area contributed by atoms with Gasteiger partial charge in [-0.05, 0) is 60.2 Å². The Morgan fingerprint density at radius 1 is 1.27 bits per heavy atom. The molecule has 2 aromatic heterocycles. The third-order valence-electron chi connectivity index (χ3n) is 6.55. The predicted octanol–water partition coefficient (Wildman–Crippen LogP) is 3.34. The number of amides is 2. The summed E-state index contributed by atoms with van der Waals surface area (Å²) in [5.74, 6) is 1.91. The van der Waals surface area contributed by atoms with Crippen molar-refractivity contribution in [1.82, 2.24) is 29.7 Å². The number of nitrogen functional groups attached to an aromatic ring is 1. The molecule has 1 saturated heterocycles. The Bertz CT molecular complexity index is 1340. The number of hydrogen-bond donors (Lipinski definition) is 3. The number of piperidine rings is 1. The maximum atomic E-state index is 12.5. The summed E-state index contributed by atoms with van der Waals surface area (Å²) in [7, 11) is 0. The number of halogens is 1. The molecule has 196 valence electrons. The summed E-state index contributed by atoms with van der Waals surface area (Å²) in [5, 5.41) is 11.8. The van der Waals surface area contributed by atoms with Crippen LogP contribution in [0.5, 0.6) is 11.5 Å². The molecule has 5 rings (SSSR count). The highest BCUT2D eigenvalue weighted by Gasteiger charge is 2.27. The van der Waals surface area contributed by atoms with E-state index in [9.17, 15) is 9.59 Å². The topological polar surface area (TPSA) is 158 Å². The first-order valence-electron chi connectivity index (χ1n) is 11.8. The van der Waals surface area contributed by atoms with Gasteiger partial charge in [0.15, 0.2) is 33.6 Å². The minimum atomic E-state index is -1.20. The van der Waals surface area contributed by atoms with Crippen LogP contribution >= 0.6 is 27.7 Å². The number of hydrogen-bond acceptors (Lipinski definition) is 9. The molecular weight excluding hydrogens is 566 g/mol. The number of anilines is 1. The second-order valence-corrected chi connectivity index (χ2v) is 10.8. The normalized spacial score (nSPS) is 16.2. The maximum Gasteiger partial charge on any atom is 0.405 e. The SMILES string of the molecule is C[C@H](NC(=O)O)C(=O)N1CCC(CCn2c(Sc3cc4c(cc3Br)OCO4)nc3c(N)ncnc32)CC1. The van der Waals surface area contributed by atoms with Gasteiger partial charge in [0.25, 0.3) is 0 Å². The highest BCUT2D eigenvalue weighted by atomic mass is 79.9. The monoisotopic (exact) mass is 591 g/mol. The lowest BCUT2D eigenvalue weighted by atomic mass is 9.93. The van der Waals surface area contributed by atoms with E-state index in [0.29, 0.717) is 54.0 Å². The lowest BCUT2D eigenvalue weighted by Gasteiger charge is -2.33. The lowest BCUT2D eigenvalue weighted by Crippen LogP contribution is -2.49. The van der Waals surface area contributed by atoms with Crippen molar-refractivity contribution in [1.29, 1.82) is 0 Å². The molecule has 4 N–H and O–H groups in total. The molecular formula is C23H26BrN7O5S. The van der Waals surface area contributed by atoms with Crippen molar-refractivity contribution in [2.45, 2.75) is 48.8 Å². The Balaban J connectivity index is 1.30. The van der Waals surface area contributed by atoms with E-state index in [0.717, 1.165) is 33.8 Å². The molecule has 12 nitrogen and oxygen atoms in total. The smallest absolute Gasteiger partial charge is 0.405 e. The van der Waals surface area contributed by atoms with E-state index in [1.165, 1.54) is 18.1 Å². The first-order chi connectivity index (χ1) is 17.8. The molecule has 37 heavy (non-hydrogen) atoms. The van der Waals surface area contributed by atoms with Crippen molar-refractivity contribution in [3.05, 3.63) is 22.9 Å². The average Bonchev–Trinajstić information content (AvgIpc) is 3.47. The molecule has 0 radical (unpaired) electrons. The number of aryl methyl sites for hydroxylation is 1. The zero-order valence-electron chi connectivity index (χ0n) is 20.0. The van der Waals surface area contributed by atoms with E-state index >= 15 is 0 Å². The van der Waals surface area contributed by atoms with Crippen LogP contribution in [0, 0.1) is 5.92 Å². The zero-order chi connectivity index (χ0) is 26.1. The largest absolute Gasteiger partial charge is 0.465 e. The second kappa shape index (κ2) is 10.6. The summed E-state index contributed by atoms with van der Waals surface area (Å²) < 4.78 is 13.9. The van der Waals surface area contributed by atoms with Gasteiger partial charge in [-0.1, -0.05) is 11.8 Å². The van der Waals surface area contributed by atoms with Gasteiger partial charge >= 0.3 is 6.09 Å². The number of likely N-dealkylation sites (tertiary alicyclic amines) is 1. The number of carboxylic acid groups (broad SMARTS) is 1. The third kappa shape index (κ3) is 5.39. The van der Waals surface area contributed by atoms with Crippen molar-refractivity contribution in [3.8, 4) is 11.5 Å². The molecule has 1 aromatic carbocycles. The minimum absolute atomic E-state index is 0.193. The van der Waals surface area contributed by atoms with Gasteiger partial charge in [0, 0.05) is 29.0 Å². The fourth-order valence-corrected chi connectivity index (χ4v) is 6.07. The van der Waals surface area contributed by atoms with Crippen LogP contribution in [0.15, 0.2) is 33.0 Å². The highest BCUT2D eigenvalue weighted by molar-refractivity contribution is 9.10. The number of rotatable bonds is 7. The number of nitrogens with one attached hydrogen (secondary N) is 1. The first-order valence-corrected chi connectivity index (χ1v) is 13.4. The molecule has 0 spiro atoms. The van der Waals surface area contributed by atoms with Crippen molar-refractivity contribution in [3.63, 3.8) is 0 Å². The van der Waals surface area contributed by atoms with Crippen LogP contribution in [0.1, 0.15) is 26.2 Å². The predicted molar refractivity (Wildman–Crippen MR) is 139 cm³/mol. The van der Waals surface area contributed by atoms with Crippen LogP contribution in [0.3, 0.4) is 0 Å². The van der Waals surface area contributed by atoms with Crippen LogP contribution in [-0.2, 0) is 11.3 Å². The van der Waals surface area contributed by atoms with Gasteiger partial charge in [-0.15, -0.1) is 0 Å².